The van der Waals surface area contributed by atoms with E-state index < -0.39 is 21.6 Å². The van der Waals surface area contributed by atoms with Gasteiger partial charge in [-0.3, -0.25) is 4.72 Å². The van der Waals surface area contributed by atoms with Crippen LogP contribution >= 0.6 is 27.3 Å². The van der Waals surface area contributed by atoms with Crippen molar-refractivity contribution in [2.75, 3.05) is 4.72 Å². The lowest BCUT2D eigenvalue weighted by molar-refractivity contribution is 0.471. The minimum Gasteiger partial charge on any atom is -0.506 e. The second kappa shape index (κ2) is 4.87. The number of phenols is 1. The van der Waals surface area contributed by atoms with E-state index in [1.165, 1.54) is 0 Å². The van der Waals surface area contributed by atoms with Gasteiger partial charge in [0.1, 0.15) is 11.6 Å². The van der Waals surface area contributed by atoms with Gasteiger partial charge in [0.15, 0.2) is 4.21 Å². The maximum atomic E-state index is 12.8. The Morgan fingerprint density at radius 2 is 2.06 bits per heavy atom. The molecule has 0 radical (unpaired) electrons. The minimum absolute atomic E-state index is 0.0725. The van der Waals surface area contributed by atoms with Gasteiger partial charge in [0.05, 0.1) is 5.69 Å². The number of benzene rings is 1. The lowest BCUT2D eigenvalue weighted by Crippen LogP contribution is -2.12. The molecule has 1 aromatic carbocycles. The van der Waals surface area contributed by atoms with Crippen molar-refractivity contribution in [3.05, 3.63) is 39.9 Å². The summed E-state index contributed by atoms with van der Waals surface area (Å²) in [6.07, 6.45) is 0. The third-order valence-electron chi connectivity index (χ3n) is 2.03. The molecule has 2 N–H and O–H groups in total. The molecule has 0 spiro atoms. The number of anilines is 1. The average molecular weight is 352 g/mol. The SMILES string of the molecule is O=S(=O)(Nc1ccc(F)cc1O)c1sccc1Br. The molecule has 96 valence electrons. The topological polar surface area (TPSA) is 66.4 Å². The van der Waals surface area contributed by atoms with Gasteiger partial charge in [-0.05, 0) is 39.5 Å². The molecule has 2 aromatic rings. The van der Waals surface area contributed by atoms with E-state index in [9.17, 15) is 17.9 Å². The highest BCUT2D eigenvalue weighted by Gasteiger charge is 2.20. The Labute approximate surface area is 115 Å². The van der Waals surface area contributed by atoms with Crippen LogP contribution in [-0.4, -0.2) is 13.5 Å². The molecule has 4 nitrogen and oxygen atoms in total. The Balaban J connectivity index is 2.37. The van der Waals surface area contributed by atoms with Crippen LogP contribution in [0.1, 0.15) is 0 Å². The van der Waals surface area contributed by atoms with Gasteiger partial charge in [0, 0.05) is 10.5 Å². The summed E-state index contributed by atoms with van der Waals surface area (Å²) >= 11 is 4.15. The number of halogens is 2. The quantitative estimate of drug-likeness (QED) is 0.834. The first kappa shape index (κ1) is 13.3. The fourth-order valence-corrected chi connectivity index (χ4v) is 4.67. The van der Waals surface area contributed by atoms with Crippen molar-refractivity contribution in [2.45, 2.75) is 4.21 Å². The van der Waals surface area contributed by atoms with Crippen molar-refractivity contribution < 1.29 is 17.9 Å². The summed E-state index contributed by atoms with van der Waals surface area (Å²) in [6, 6.07) is 4.65. The molecule has 18 heavy (non-hydrogen) atoms. The van der Waals surface area contributed by atoms with Gasteiger partial charge in [0.2, 0.25) is 0 Å². The second-order valence-electron chi connectivity index (χ2n) is 3.32. The Kier molecular flexibility index (Phi) is 3.60. The van der Waals surface area contributed by atoms with Crippen LogP contribution in [-0.2, 0) is 10.0 Å². The molecular formula is C10H7BrFNO3S2. The number of hydrogen-bond acceptors (Lipinski definition) is 4. The van der Waals surface area contributed by atoms with Crippen LogP contribution in [0, 0.1) is 5.82 Å². The molecule has 0 saturated heterocycles. The van der Waals surface area contributed by atoms with Crippen LogP contribution in [0.5, 0.6) is 5.75 Å². The summed E-state index contributed by atoms with van der Waals surface area (Å²) in [4.78, 5) is 0. The molecule has 0 unspecified atom stereocenters. The molecule has 0 bridgehead atoms. The third kappa shape index (κ3) is 2.65. The zero-order valence-corrected chi connectivity index (χ0v) is 11.9. The summed E-state index contributed by atoms with van der Waals surface area (Å²) in [5.41, 5.74) is -0.0725. The Morgan fingerprint density at radius 3 is 2.61 bits per heavy atom. The van der Waals surface area contributed by atoms with Gasteiger partial charge in [-0.2, -0.15) is 0 Å². The fourth-order valence-electron chi connectivity index (χ4n) is 1.25. The van der Waals surface area contributed by atoms with Crippen LogP contribution < -0.4 is 4.72 Å². The number of thiophene rings is 1. The third-order valence-corrected chi connectivity index (χ3v) is 6.07. The first-order valence-electron chi connectivity index (χ1n) is 4.64. The number of sulfonamides is 1. The van der Waals surface area contributed by atoms with E-state index in [1.807, 2.05) is 0 Å². The summed E-state index contributed by atoms with van der Waals surface area (Å²) in [6.45, 7) is 0. The molecule has 0 atom stereocenters. The molecule has 8 heteroatoms. The Morgan fingerprint density at radius 1 is 1.33 bits per heavy atom. The predicted molar refractivity (Wildman–Crippen MR) is 70.9 cm³/mol. The number of hydrogen-bond donors (Lipinski definition) is 2. The van der Waals surface area contributed by atoms with Gasteiger partial charge >= 0.3 is 0 Å². The van der Waals surface area contributed by atoms with Gasteiger partial charge in [0.25, 0.3) is 10.0 Å². The first-order chi connectivity index (χ1) is 8.40. The number of aromatic hydroxyl groups is 1. The number of phenolic OH excluding ortho intramolecular Hbond substituents is 1. The van der Waals surface area contributed by atoms with Crippen LogP contribution in [0.2, 0.25) is 0 Å². The van der Waals surface area contributed by atoms with E-state index in [2.05, 4.69) is 20.7 Å². The van der Waals surface area contributed by atoms with E-state index in [1.54, 1.807) is 11.4 Å². The Bertz CT molecular complexity index is 684. The van der Waals surface area contributed by atoms with Crippen LogP contribution in [0.4, 0.5) is 10.1 Å². The van der Waals surface area contributed by atoms with Crippen molar-refractivity contribution in [1.29, 1.82) is 0 Å². The Hall–Kier alpha value is -1.12. The van der Waals surface area contributed by atoms with Crippen molar-refractivity contribution in [3.63, 3.8) is 0 Å². The van der Waals surface area contributed by atoms with E-state index >= 15 is 0 Å². The highest BCUT2D eigenvalue weighted by atomic mass is 79.9. The van der Waals surface area contributed by atoms with Gasteiger partial charge in [-0.15, -0.1) is 11.3 Å². The smallest absolute Gasteiger partial charge is 0.272 e. The van der Waals surface area contributed by atoms with Gasteiger partial charge in [-0.25, -0.2) is 12.8 Å². The van der Waals surface area contributed by atoms with E-state index in [-0.39, 0.29) is 9.90 Å². The number of rotatable bonds is 3. The van der Waals surface area contributed by atoms with Crippen LogP contribution in [0.25, 0.3) is 0 Å². The van der Waals surface area contributed by atoms with Crippen molar-refractivity contribution in [3.8, 4) is 5.75 Å². The van der Waals surface area contributed by atoms with E-state index in [0.29, 0.717) is 4.47 Å². The zero-order chi connectivity index (χ0) is 13.3. The normalized spacial score (nSPS) is 11.4. The maximum Gasteiger partial charge on any atom is 0.272 e. The second-order valence-corrected chi connectivity index (χ2v) is 6.97. The largest absolute Gasteiger partial charge is 0.506 e. The summed E-state index contributed by atoms with van der Waals surface area (Å²) < 4.78 is 39.5. The van der Waals surface area contributed by atoms with E-state index in [0.717, 1.165) is 29.5 Å². The van der Waals surface area contributed by atoms with Crippen LogP contribution in [0.3, 0.4) is 0 Å². The summed E-state index contributed by atoms with van der Waals surface area (Å²) in [5.74, 6) is -1.11. The van der Waals surface area contributed by atoms with Crippen molar-refractivity contribution in [1.82, 2.24) is 0 Å². The molecule has 2 rings (SSSR count). The molecule has 1 heterocycles. The molecule has 1 aromatic heterocycles. The van der Waals surface area contributed by atoms with Crippen LogP contribution in [0.15, 0.2) is 38.3 Å². The lowest BCUT2D eigenvalue weighted by atomic mass is 10.3. The van der Waals surface area contributed by atoms with Crippen molar-refractivity contribution >= 4 is 43.0 Å². The first-order valence-corrected chi connectivity index (χ1v) is 7.80. The fraction of sp³-hybridized carbons (Fsp3) is 0. The van der Waals surface area contributed by atoms with E-state index in [4.69, 9.17) is 0 Å². The predicted octanol–water partition coefficient (Wildman–Crippen LogP) is 3.16. The van der Waals surface area contributed by atoms with Gasteiger partial charge < -0.3 is 5.11 Å². The molecular weight excluding hydrogens is 345 g/mol. The van der Waals surface area contributed by atoms with Crippen molar-refractivity contribution in [2.24, 2.45) is 0 Å². The molecule has 0 saturated carbocycles. The molecule has 0 amide bonds. The minimum atomic E-state index is -3.80. The average Bonchev–Trinajstić information content (AvgIpc) is 2.69. The zero-order valence-electron chi connectivity index (χ0n) is 8.72. The molecule has 0 aliphatic rings. The molecule has 0 aliphatic heterocycles. The monoisotopic (exact) mass is 351 g/mol. The standard InChI is InChI=1S/C10H7BrFNO3S2/c11-7-3-4-17-10(7)18(15,16)13-8-2-1-6(12)5-9(8)14/h1-5,13-14H. The highest BCUT2D eigenvalue weighted by Crippen LogP contribution is 2.31. The summed E-state index contributed by atoms with van der Waals surface area (Å²) in [7, 11) is -3.80. The lowest BCUT2D eigenvalue weighted by Gasteiger charge is -2.08. The van der Waals surface area contributed by atoms with Gasteiger partial charge in [-0.1, -0.05) is 0 Å². The molecule has 0 fully saturated rings. The number of nitrogens with one attached hydrogen (secondary N) is 1. The molecule has 0 aliphatic carbocycles. The summed E-state index contributed by atoms with van der Waals surface area (Å²) in [5, 5.41) is 11.1. The highest BCUT2D eigenvalue weighted by molar-refractivity contribution is 9.10. The maximum absolute atomic E-state index is 12.8.